The van der Waals surface area contributed by atoms with Gasteiger partial charge in [0, 0.05) is 17.0 Å². The smallest absolute Gasteiger partial charge is 0.375 e. The molecule has 0 aliphatic carbocycles. The van der Waals surface area contributed by atoms with Crippen molar-refractivity contribution in [1.29, 1.82) is 0 Å². The van der Waals surface area contributed by atoms with Crippen LogP contribution in [0.3, 0.4) is 0 Å². The van der Waals surface area contributed by atoms with Gasteiger partial charge in [0.1, 0.15) is 0 Å². The van der Waals surface area contributed by atoms with Crippen molar-refractivity contribution in [3.63, 3.8) is 0 Å². The molecule has 1 amide bonds. The molecule has 128 valence electrons. The first-order chi connectivity index (χ1) is 12.2. The Morgan fingerprint density at radius 2 is 1.92 bits per heavy atom. The fraction of sp³-hybridized carbons (Fsp3) is 0.158. The quantitative estimate of drug-likeness (QED) is 0.659. The molecule has 5 nitrogen and oxygen atoms in total. The molecule has 6 heteroatoms. The van der Waals surface area contributed by atoms with Crippen molar-refractivity contribution in [2.45, 2.75) is 6.42 Å². The molecule has 25 heavy (non-hydrogen) atoms. The zero-order chi connectivity index (χ0) is 17.5. The van der Waals surface area contributed by atoms with Crippen molar-refractivity contribution in [2.75, 3.05) is 13.2 Å². The molecule has 3 rings (SSSR count). The van der Waals surface area contributed by atoms with Crippen molar-refractivity contribution in [3.05, 3.63) is 70.8 Å². The maximum Gasteiger partial charge on any atom is 0.375 e. The van der Waals surface area contributed by atoms with Gasteiger partial charge in [-0.2, -0.15) is 0 Å². The standard InChI is InChI=1S/C19H17NO4S/c21-17(20-10-8-15-7-4-12-25-15)13-24-19(22)18-16(9-11-23-18)14-5-2-1-3-6-14/h1-7,9,11-12H,8,10,13H2,(H,20,21). The first kappa shape index (κ1) is 17.0. The van der Waals surface area contributed by atoms with Crippen LogP contribution in [-0.2, 0) is 16.0 Å². The molecule has 0 fully saturated rings. The maximum absolute atomic E-state index is 12.2. The SMILES string of the molecule is O=C(COC(=O)c1occc1-c1ccccc1)NCCc1cccs1. The third-order valence-electron chi connectivity index (χ3n) is 3.54. The van der Waals surface area contributed by atoms with Crippen LogP contribution in [0.5, 0.6) is 0 Å². The third kappa shape index (κ3) is 4.58. The van der Waals surface area contributed by atoms with Gasteiger partial charge in [-0.3, -0.25) is 4.79 Å². The summed E-state index contributed by atoms with van der Waals surface area (Å²) in [4.78, 5) is 25.2. The highest BCUT2D eigenvalue weighted by atomic mass is 32.1. The van der Waals surface area contributed by atoms with Crippen LogP contribution in [0.25, 0.3) is 11.1 Å². The predicted molar refractivity (Wildman–Crippen MR) is 95.5 cm³/mol. The summed E-state index contributed by atoms with van der Waals surface area (Å²) in [7, 11) is 0. The van der Waals surface area contributed by atoms with Crippen molar-refractivity contribution >= 4 is 23.2 Å². The topological polar surface area (TPSA) is 68.5 Å². The van der Waals surface area contributed by atoms with Crippen LogP contribution < -0.4 is 5.32 Å². The van der Waals surface area contributed by atoms with Gasteiger partial charge in [-0.1, -0.05) is 36.4 Å². The van der Waals surface area contributed by atoms with E-state index >= 15 is 0 Å². The number of esters is 1. The van der Waals surface area contributed by atoms with E-state index in [0.29, 0.717) is 12.1 Å². The van der Waals surface area contributed by atoms with E-state index in [-0.39, 0.29) is 18.3 Å². The number of hydrogen-bond donors (Lipinski definition) is 1. The molecule has 2 aromatic heterocycles. The molecular weight excluding hydrogens is 338 g/mol. The van der Waals surface area contributed by atoms with E-state index in [1.165, 1.54) is 11.1 Å². The number of thiophene rings is 1. The van der Waals surface area contributed by atoms with Gasteiger partial charge in [0.25, 0.3) is 5.91 Å². The summed E-state index contributed by atoms with van der Waals surface area (Å²) in [6, 6.07) is 15.1. The van der Waals surface area contributed by atoms with Gasteiger partial charge in [0.2, 0.25) is 5.76 Å². The van der Waals surface area contributed by atoms with E-state index in [0.717, 1.165) is 12.0 Å². The highest BCUT2D eigenvalue weighted by Gasteiger charge is 2.19. The minimum atomic E-state index is -0.655. The lowest BCUT2D eigenvalue weighted by Gasteiger charge is -2.06. The molecule has 0 aliphatic heterocycles. The molecule has 0 aliphatic rings. The van der Waals surface area contributed by atoms with Crippen LogP contribution in [0.15, 0.2) is 64.6 Å². The highest BCUT2D eigenvalue weighted by Crippen LogP contribution is 2.25. The fourth-order valence-electron chi connectivity index (χ4n) is 2.34. The number of carbonyl (C=O) groups is 2. The monoisotopic (exact) mass is 355 g/mol. The first-order valence-corrected chi connectivity index (χ1v) is 8.71. The lowest BCUT2D eigenvalue weighted by molar-refractivity contribution is -0.124. The van der Waals surface area contributed by atoms with Gasteiger partial charge >= 0.3 is 5.97 Å². The summed E-state index contributed by atoms with van der Waals surface area (Å²) >= 11 is 1.64. The lowest BCUT2D eigenvalue weighted by Crippen LogP contribution is -2.30. The van der Waals surface area contributed by atoms with Crippen molar-refractivity contribution in [2.24, 2.45) is 0 Å². The van der Waals surface area contributed by atoms with Crippen LogP contribution >= 0.6 is 11.3 Å². The summed E-state index contributed by atoms with van der Waals surface area (Å²) in [5, 5.41) is 4.72. The summed E-state index contributed by atoms with van der Waals surface area (Å²) < 4.78 is 10.3. The highest BCUT2D eigenvalue weighted by molar-refractivity contribution is 7.09. The van der Waals surface area contributed by atoms with E-state index in [4.69, 9.17) is 9.15 Å². The van der Waals surface area contributed by atoms with Crippen LogP contribution in [0.2, 0.25) is 0 Å². The van der Waals surface area contributed by atoms with Crippen LogP contribution in [0.4, 0.5) is 0 Å². The Bertz CT molecular complexity index is 824. The van der Waals surface area contributed by atoms with Crippen molar-refractivity contribution in [3.8, 4) is 11.1 Å². The number of amides is 1. The van der Waals surface area contributed by atoms with Crippen molar-refractivity contribution in [1.82, 2.24) is 5.32 Å². The summed E-state index contributed by atoms with van der Waals surface area (Å²) in [5.74, 6) is -0.896. The Morgan fingerprint density at radius 1 is 1.08 bits per heavy atom. The molecule has 1 aromatic carbocycles. The molecule has 3 aromatic rings. The predicted octanol–water partition coefficient (Wildman–Crippen LogP) is 3.52. The summed E-state index contributed by atoms with van der Waals surface area (Å²) in [6.45, 7) is 0.172. The Hall–Kier alpha value is -2.86. The molecule has 0 spiro atoms. The van der Waals surface area contributed by atoms with Crippen LogP contribution in [0.1, 0.15) is 15.4 Å². The van der Waals surface area contributed by atoms with E-state index in [1.54, 1.807) is 17.4 Å². The van der Waals surface area contributed by atoms with E-state index in [1.807, 2.05) is 47.8 Å². The second-order valence-electron chi connectivity index (χ2n) is 5.28. The number of furan rings is 1. The Morgan fingerprint density at radius 3 is 2.68 bits per heavy atom. The minimum absolute atomic E-state index is 0.0950. The Labute approximate surface area is 149 Å². The summed E-state index contributed by atoms with van der Waals surface area (Å²) in [6.07, 6.45) is 2.19. The van der Waals surface area contributed by atoms with Gasteiger partial charge in [-0.15, -0.1) is 11.3 Å². The van der Waals surface area contributed by atoms with E-state index in [2.05, 4.69) is 5.32 Å². The zero-order valence-corrected chi connectivity index (χ0v) is 14.3. The fourth-order valence-corrected chi connectivity index (χ4v) is 3.05. The van der Waals surface area contributed by atoms with E-state index in [9.17, 15) is 9.59 Å². The van der Waals surface area contributed by atoms with E-state index < -0.39 is 5.97 Å². The average Bonchev–Trinajstić information content (AvgIpc) is 3.32. The summed E-state index contributed by atoms with van der Waals surface area (Å²) in [5.41, 5.74) is 1.49. The number of rotatable bonds is 7. The molecule has 1 N–H and O–H groups in total. The second-order valence-corrected chi connectivity index (χ2v) is 6.32. The molecule has 0 saturated carbocycles. The van der Waals surface area contributed by atoms with Gasteiger partial charge in [0.05, 0.1) is 6.26 Å². The second kappa shape index (κ2) is 8.30. The average molecular weight is 355 g/mol. The maximum atomic E-state index is 12.2. The van der Waals surface area contributed by atoms with Crippen LogP contribution in [-0.4, -0.2) is 25.0 Å². The largest absolute Gasteiger partial charge is 0.457 e. The molecule has 0 bridgehead atoms. The first-order valence-electron chi connectivity index (χ1n) is 7.83. The lowest BCUT2D eigenvalue weighted by atomic mass is 10.1. The van der Waals surface area contributed by atoms with Gasteiger partial charge < -0.3 is 14.5 Å². The molecule has 0 atom stereocenters. The molecule has 0 radical (unpaired) electrons. The Kier molecular flexibility index (Phi) is 5.64. The molecule has 0 saturated heterocycles. The molecule has 2 heterocycles. The van der Waals surface area contributed by atoms with Gasteiger partial charge in [-0.05, 0) is 29.5 Å². The third-order valence-corrected chi connectivity index (χ3v) is 4.48. The number of ether oxygens (including phenoxy) is 1. The Balaban J connectivity index is 1.50. The number of benzene rings is 1. The van der Waals surface area contributed by atoms with Crippen LogP contribution in [0, 0.1) is 0 Å². The van der Waals surface area contributed by atoms with Gasteiger partial charge in [0.15, 0.2) is 6.61 Å². The normalized spacial score (nSPS) is 10.4. The number of carbonyl (C=O) groups excluding carboxylic acids is 2. The zero-order valence-electron chi connectivity index (χ0n) is 13.4. The molecule has 0 unspecified atom stereocenters. The van der Waals surface area contributed by atoms with Gasteiger partial charge in [-0.25, -0.2) is 4.79 Å². The minimum Gasteiger partial charge on any atom is -0.457 e. The number of hydrogen-bond acceptors (Lipinski definition) is 5. The molecular formula is C19H17NO4S. The number of nitrogens with one attached hydrogen (secondary N) is 1. The van der Waals surface area contributed by atoms with Crippen molar-refractivity contribution < 1.29 is 18.7 Å².